The highest BCUT2D eigenvalue weighted by molar-refractivity contribution is 5.90. The molecule has 4 N–H and O–H groups in total. The van der Waals surface area contributed by atoms with E-state index in [1.165, 1.54) is 0 Å². The molecule has 1 aliphatic carbocycles. The van der Waals surface area contributed by atoms with Crippen LogP contribution in [0.5, 0.6) is 11.6 Å². The molecule has 2 atom stereocenters. The molecule has 1 aliphatic rings. The highest BCUT2D eigenvalue weighted by atomic mass is 16.7. The number of ether oxygens (including phenoxy) is 2. The van der Waals surface area contributed by atoms with Crippen LogP contribution in [0.2, 0.25) is 0 Å². The summed E-state index contributed by atoms with van der Waals surface area (Å²) >= 11 is 0. The van der Waals surface area contributed by atoms with Crippen LogP contribution in [0, 0.1) is 19.8 Å². The monoisotopic (exact) mass is 452 g/mol. The molecule has 1 saturated carbocycles. The number of benzene rings is 2. The molecule has 0 radical (unpaired) electrons. The zero-order valence-electron chi connectivity index (χ0n) is 19.4. The normalized spacial score (nSPS) is 20.7. The number of hydrogen-bond acceptors (Lipinski definition) is 5. The average Bonchev–Trinajstić information content (AvgIpc) is 3.11. The van der Waals surface area contributed by atoms with Crippen molar-refractivity contribution in [1.82, 2.24) is 10.3 Å². The van der Waals surface area contributed by atoms with Crippen molar-refractivity contribution in [3.05, 3.63) is 58.7 Å². The van der Waals surface area contributed by atoms with E-state index in [0.717, 1.165) is 58.2 Å². The van der Waals surface area contributed by atoms with Crippen LogP contribution in [0.15, 0.2) is 36.4 Å². The zero-order chi connectivity index (χ0) is 23.6. The van der Waals surface area contributed by atoms with Crippen LogP contribution in [0.25, 0.3) is 10.9 Å². The molecule has 2 unspecified atom stereocenters. The van der Waals surface area contributed by atoms with E-state index in [1.54, 1.807) is 7.11 Å². The van der Waals surface area contributed by atoms with Gasteiger partial charge in [-0.25, -0.2) is 4.79 Å². The molecule has 1 aromatic heterocycles. The Morgan fingerprint density at radius 1 is 1.24 bits per heavy atom. The fraction of sp³-hybridized carbons (Fsp3) is 0.423. The van der Waals surface area contributed by atoms with E-state index in [9.17, 15) is 15.0 Å². The fourth-order valence-electron chi connectivity index (χ4n) is 5.26. The summed E-state index contributed by atoms with van der Waals surface area (Å²) < 4.78 is 10.4. The summed E-state index contributed by atoms with van der Waals surface area (Å²) in [6.45, 7) is 5.04. The van der Waals surface area contributed by atoms with Gasteiger partial charge in [-0.3, -0.25) is 0 Å². The van der Waals surface area contributed by atoms with Gasteiger partial charge in [0.15, 0.2) is 0 Å². The maximum absolute atomic E-state index is 11.7. The molecular formula is C26H32N2O5. The van der Waals surface area contributed by atoms with Gasteiger partial charge in [0.2, 0.25) is 5.88 Å². The lowest BCUT2D eigenvalue weighted by Gasteiger charge is -2.41. The smallest absolute Gasteiger partial charge is 0.497 e. The summed E-state index contributed by atoms with van der Waals surface area (Å²) in [6.07, 6.45) is 2.30. The van der Waals surface area contributed by atoms with Gasteiger partial charge in [0, 0.05) is 35.5 Å². The molecule has 0 spiro atoms. The summed E-state index contributed by atoms with van der Waals surface area (Å²) in [5.74, 6) is 0.999. The Hall–Kier alpha value is -3.03. The van der Waals surface area contributed by atoms with Gasteiger partial charge in [-0.2, -0.15) is 0 Å². The number of aromatic amines is 1. The fourth-order valence-corrected chi connectivity index (χ4v) is 5.26. The number of aliphatic hydroxyl groups is 1. The Labute approximate surface area is 193 Å². The maximum Gasteiger partial charge on any atom is 0.512 e. The van der Waals surface area contributed by atoms with E-state index in [-0.39, 0.29) is 11.8 Å². The third-order valence-electron chi connectivity index (χ3n) is 6.79. The average molecular weight is 453 g/mol. The number of aryl methyl sites for hydroxylation is 2. The molecule has 7 nitrogen and oxygen atoms in total. The van der Waals surface area contributed by atoms with Crippen molar-refractivity contribution < 1.29 is 24.5 Å². The first kappa shape index (κ1) is 23.1. The summed E-state index contributed by atoms with van der Waals surface area (Å²) in [5.41, 5.74) is 3.73. The molecule has 176 valence electrons. The van der Waals surface area contributed by atoms with Crippen LogP contribution in [-0.2, 0) is 12.1 Å². The van der Waals surface area contributed by atoms with Crippen LogP contribution in [-0.4, -0.2) is 35.0 Å². The quantitative estimate of drug-likeness (QED) is 0.376. The number of rotatable bonds is 7. The molecule has 3 aromatic rings. The highest BCUT2D eigenvalue weighted by Gasteiger charge is 2.40. The lowest BCUT2D eigenvalue weighted by Crippen LogP contribution is -2.43. The summed E-state index contributed by atoms with van der Waals surface area (Å²) in [6, 6.07) is 11.7. The highest BCUT2D eigenvalue weighted by Crippen LogP contribution is 2.42. The van der Waals surface area contributed by atoms with Crippen molar-refractivity contribution in [3.8, 4) is 11.6 Å². The first-order valence-electron chi connectivity index (χ1n) is 11.4. The summed E-state index contributed by atoms with van der Waals surface area (Å²) in [5, 5.41) is 25.3. The first-order valence-corrected chi connectivity index (χ1v) is 11.4. The predicted molar refractivity (Wildman–Crippen MR) is 127 cm³/mol. The van der Waals surface area contributed by atoms with Crippen LogP contribution in [0.3, 0.4) is 0 Å². The molecule has 0 aliphatic heterocycles. The molecule has 7 heteroatoms. The van der Waals surface area contributed by atoms with Gasteiger partial charge in [0.25, 0.3) is 0 Å². The number of H-pyrrole nitrogens is 1. The van der Waals surface area contributed by atoms with Crippen molar-refractivity contribution >= 4 is 17.1 Å². The Bertz CT molecular complexity index is 1160. The minimum Gasteiger partial charge on any atom is -0.497 e. The van der Waals surface area contributed by atoms with Gasteiger partial charge in [-0.15, -0.1) is 0 Å². The Balaban J connectivity index is 1.57. The van der Waals surface area contributed by atoms with Gasteiger partial charge in [0.1, 0.15) is 5.75 Å². The molecule has 0 amide bonds. The third kappa shape index (κ3) is 4.70. The number of nitrogens with one attached hydrogen (secondary N) is 2. The summed E-state index contributed by atoms with van der Waals surface area (Å²) in [4.78, 5) is 14.4. The van der Waals surface area contributed by atoms with Crippen molar-refractivity contribution in [2.45, 2.75) is 51.7 Å². The third-order valence-corrected chi connectivity index (χ3v) is 6.79. The molecule has 33 heavy (non-hydrogen) atoms. The van der Waals surface area contributed by atoms with E-state index < -0.39 is 11.8 Å². The molecule has 4 rings (SSSR count). The molecule has 1 fully saturated rings. The molecule has 2 aromatic carbocycles. The Morgan fingerprint density at radius 3 is 2.82 bits per heavy atom. The van der Waals surface area contributed by atoms with E-state index in [2.05, 4.69) is 16.4 Å². The van der Waals surface area contributed by atoms with Gasteiger partial charge < -0.3 is 30.0 Å². The Morgan fingerprint density at radius 2 is 2.06 bits per heavy atom. The van der Waals surface area contributed by atoms with Crippen LogP contribution < -0.4 is 14.8 Å². The standard InChI is InChI=1S/C26H32N2O5/c1-16-11-17(2)23-21(24(33-25(29)30)28-22(23)12-16)15-27-14-19-7-4-5-10-26(19,31)18-8-6-9-20(13-18)32-3/h6,8-9,11-13,19,27-28,31H,4-5,7,10,14-15H2,1-3H3,(H,29,30). The van der Waals surface area contributed by atoms with Crippen molar-refractivity contribution in [1.29, 1.82) is 0 Å². The van der Waals surface area contributed by atoms with E-state index >= 15 is 0 Å². The van der Waals surface area contributed by atoms with E-state index in [4.69, 9.17) is 9.47 Å². The van der Waals surface area contributed by atoms with Gasteiger partial charge >= 0.3 is 6.16 Å². The molecular weight excluding hydrogens is 420 g/mol. The topological polar surface area (TPSA) is 104 Å². The number of methoxy groups -OCH3 is 1. The number of carbonyl (C=O) groups is 1. The number of fused-ring (bicyclic) bond motifs is 1. The van der Waals surface area contributed by atoms with Crippen LogP contribution in [0.1, 0.15) is 47.9 Å². The summed E-state index contributed by atoms with van der Waals surface area (Å²) in [7, 11) is 1.63. The molecule has 0 saturated heterocycles. The first-order chi connectivity index (χ1) is 15.8. The van der Waals surface area contributed by atoms with Gasteiger partial charge in [-0.1, -0.05) is 31.0 Å². The number of aromatic nitrogens is 1. The van der Waals surface area contributed by atoms with E-state index in [0.29, 0.717) is 19.5 Å². The lowest BCUT2D eigenvalue weighted by atomic mass is 9.71. The van der Waals surface area contributed by atoms with Gasteiger partial charge in [0.05, 0.1) is 12.7 Å². The SMILES string of the molecule is COc1cccc(C2(O)CCCCC2CNCc2c(OC(=O)O)[nH]c3cc(C)cc(C)c23)c1. The largest absolute Gasteiger partial charge is 0.512 e. The van der Waals surface area contributed by atoms with E-state index in [1.807, 2.05) is 44.2 Å². The van der Waals surface area contributed by atoms with Gasteiger partial charge in [-0.05, 0) is 61.6 Å². The lowest BCUT2D eigenvalue weighted by molar-refractivity contribution is -0.0538. The minimum absolute atomic E-state index is 0.0238. The maximum atomic E-state index is 11.7. The van der Waals surface area contributed by atoms with Crippen LogP contribution >= 0.6 is 0 Å². The van der Waals surface area contributed by atoms with Crippen molar-refractivity contribution in [2.24, 2.45) is 5.92 Å². The second kappa shape index (κ2) is 9.45. The number of hydrogen-bond donors (Lipinski definition) is 4. The number of carboxylic acid groups (broad SMARTS) is 1. The Kier molecular flexibility index (Phi) is 6.63. The molecule has 1 heterocycles. The van der Waals surface area contributed by atoms with Crippen molar-refractivity contribution in [3.63, 3.8) is 0 Å². The second-order valence-corrected chi connectivity index (χ2v) is 9.03. The zero-order valence-corrected chi connectivity index (χ0v) is 19.4. The minimum atomic E-state index is -1.35. The molecule has 0 bridgehead atoms. The second-order valence-electron chi connectivity index (χ2n) is 9.03. The van der Waals surface area contributed by atoms with Crippen LogP contribution in [0.4, 0.5) is 4.79 Å². The van der Waals surface area contributed by atoms with Crippen molar-refractivity contribution in [2.75, 3.05) is 13.7 Å². The predicted octanol–water partition coefficient (Wildman–Crippen LogP) is 5.02.